The van der Waals surface area contributed by atoms with E-state index in [1.165, 1.54) is 28.6 Å². The molecule has 2 N–H and O–H groups in total. The predicted octanol–water partition coefficient (Wildman–Crippen LogP) is 3.62. The number of nitrogens with zero attached hydrogens (tertiary/aromatic N) is 3. The third kappa shape index (κ3) is 3.98. The van der Waals surface area contributed by atoms with Gasteiger partial charge in [0.15, 0.2) is 5.82 Å². The molecule has 0 fully saturated rings. The molecular weight excluding hydrogens is 351 g/mol. The van der Waals surface area contributed by atoms with Crippen molar-refractivity contribution in [2.75, 3.05) is 18.2 Å². The number of nitrogens with two attached hydrogens (primary N) is 1. The molecule has 0 aliphatic rings. The van der Waals surface area contributed by atoms with E-state index in [4.69, 9.17) is 22.2 Å². The molecule has 124 valence electrons. The molecule has 24 heavy (non-hydrogen) atoms. The molecule has 0 amide bonds. The van der Waals surface area contributed by atoms with Crippen molar-refractivity contribution in [3.63, 3.8) is 0 Å². The molecule has 1 aromatic heterocycles. The molecule has 8 heteroatoms. The maximum absolute atomic E-state index is 13.0. The minimum atomic E-state index is -0.309. The average molecular weight is 365 g/mol. The van der Waals surface area contributed by atoms with Crippen LogP contribution in [0.3, 0.4) is 0 Å². The van der Waals surface area contributed by atoms with E-state index < -0.39 is 0 Å². The summed E-state index contributed by atoms with van der Waals surface area (Å²) in [4.78, 5) is 0. The fourth-order valence-corrected chi connectivity index (χ4v) is 2.79. The van der Waals surface area contributed by atoms with Crippen molar-refractivity contribution in [2.45, 2.75) is 5.16 Å². The quantitative estimate of drug-likeness (QED) is 0.411. The van der Waals surface area contributed by atoms with Crippen molar-refractivity contribution < 1.29 is 9.13 Å². The Balaban J connectivity index is 1.56. The maximum atomic E-state index is 13.0. The summed E-state index contributed by atoms with van der Waals surface area (Å²) in [6.45, 7) is 0.491. The summed E-state index contributed by atoms with van der Waals surface area (Å²) in [7, 11) is 0. The Morgan fingerprint density at radius 2 is 1.79 bits per heavy atom. The van der Waals surface area contributed by atoms with Crippen molar-refractivity contribution in [3.8, 4) is 17.1 Å². The number of nitrogen functional groups attached to an aromatic ring is 1. The highest BCUT2D eigenvalue weighted by Crippen LogP contribution is 2.22. The molecule has 0 unspecified atom stereocenters. The van der Waals surface area contributed by atoms with E-state index in [1.54, 1.807) is 24.3 Å². The first-order valence-electron chi connectivity index (χ1n) is 7.11. The van der Waals surface area contributed by atoms with Gasteiger partial charge in [0, 0.05) is 16.3 Å². The Bertz CT molecular complexity index is 808. The number of hydrogen-bond donors (Lipinski definition) is 1. The third-order valence-electron chi connectivity index (χ3n) is 3.16. The topological polar surface area (TPSA) is 66.0 Å². The van der Waals surface area contributed by atoms with Crippen molar-refractivity contribution >= 4 is 23.4 Å². The number of ether oxygens (including phenoxy) is 1. The normalized spacial score (nSPS) is 10.8. The van der Waals surface area contributed by atoms with E-state index in [-0.39, 0.29) is 5.82 Å². The van der Waals surface area contributed by atoms with Gasteiger partial charge in [0.1, 0.15) is 11.6 Å². The summed E-state index contributed by atoms with van der Waals surface area (Å²) in [5.41, 5.74) is 0.704. The Morgan fingerprint density at radius 1 is 1.08 bits per heavy atom. The van der Waals surface area contributed by atoms with Gasteiger partial charge in [-0.25, -0.2) is 9.07 Å². The highest BCUT2D eigenvalue weighted by atomic mass is 35.5. The van der Waals surface area contributed by atoms with Crippen LogP contribution in [0.25, 0.3) is 11.4 Å². The number of halogens is 2. The third-order valence-corrected chi connectivity index (χ3v) is 4.32. The smallest absolute Gasteiger partial charge is 0.210 e. The molecule has 0 saturated heterocycles. The van der Waals surface area contributed by atoms with Gasteiger partial charge in [0.2, 0.25) is 5.16 Å². The second-order valence-corrected chi connectivity index (χ2v) is 6.33. The molecular formula is C16H14ClFN4OS. The zero-order valence-corrected chi connectivity index (χ0v) is 14.1. The first kappa shape index (κ1) is 16.6. The summed E-state index contributed by atoms with van der Waals surface area (Å²) >= 11 is 7.25. The minimum absolute atomic E-state index is 0.309. The SMILES string of the molecule is Nn1c(SCCOc2ccc(Cl)cc2)nnc1-c1ccc(F)cc1. The van der Waals surface area contributed by atoms with Crippen LogP contribution in [0.2, 0.25) is 5.02 Å². The van der Waals surface area contributed by atoms with Gasteiger partial charge in [0.05, 0.1) is 6.61 Å². The van der Waals surface area contributed by atoms with Crippen LogP contribution < -0.4 is 10.6 Å². The Morgan fingerprint density at radius 3 is 2.50 bits per heavy atom. The largest absolute Gasteiger partial charge is 0.493 e. The Labute approximate surface area is 147 Å². The van der Waals surface area contributed by atoms with Crippen molar-refractivity contribution in [1.29, 1.82) is 0 Å². The molecule has 0 saturated carbocycles. The molecule has 0 aliphatic heterocycles. The lowest BCUT2D eigenvalue weighted by Crippen LogP contribution is -2.12. The van der Waals surface area contributed by atoms with Crippen LogP contribution in [0.4, 0.5) is 4.39 Å². The summed E-state index contributed by atoms with van der Waals surface area (Å²) in [6, 6.07) is 13.1. The number of benzene rings is 2. The summed E-state index contributed by atoms with van der Waals surface area (Å²) in [5.74, 6) is 7.58. The average Bonchev–Trinajstić information content (AvgIpc) is 2.95. The van der Waals surface area contributed by atoms with E-state index in [2.05, 4.69) is 10.2 Å². The summed E-state index contributed by atoms with van der Waals surface area (Å²) in [5, 5.41) is 9.34. The van der Waals surface area contributed by atoms with Gasteiger partial charge in [-0.3, -0.25) is 0 Å². The van der Waals surface area contributed by atoms with Crippen LogP contribution in [-0.4, -0.2) is 27.2 Å². The number of rotatable bonds is 6. The van der Waals surface area contributed by atoms with E-state index in [1.807, 2.05) is 12.1 Å². The maximum Gasteiger partial charge on any atom is 0.210 e. The summed E-state index contributed by atoms with van der Waals surface area (Å²) in [6.07, 6.45) is 0. The van der Waals surface area contributed by atoms with E-state index >= 15 is 0 Å². The summed E-state index contributed by atoms with van der Waals surface area (Å²) < 4.78 is 20.0. The minimum Gasteiger partial charge on any atom is -0.493 e. The lowest BCUT2D eigenvalue weighted by Gasteiger charge is -2.06. The molecule has 1 heterocycles. The Hall–Kier alpha value is -2.25. The molecule has 5 nitrogen and oxygen atoms in total. The molecule has 0 atom stereocenters. The van der Waals surface area contributed by atoms with Gasteiger partial charge < -0.3 is 10.6 Å². The fourth-order valence-electron chi connectivity index (χ4n) is 1.99. The van der Waals surface area contributed by atoms with Gasteiger partial charge >= 0.3 is 0 Å². The van der Waals surface area contributed by atoms with Crippen LogP contribution in [0, 0.1) is 5.82 Å². The van der Waals surface area contributed by atoms with Crippen molar-refractivity contribution in [1.82, 2.24) is 14.9 Å². The molecule has 0 bridgehead atoms. The fraction of sp³-hybridized carbons (Fsp3) is 0.125. The molecule has 0 aliphatic carbocycles. The highest BCUT2D eigenvalue weighted by Gasteiger charge is 2.12. The first-order valence-corrected chi connectivity index (χ1v) is 8.47. The highest BCUT2D eigenvalue weighted by molar-refractivity contribution is 7.99. The van der Waals surface area contributed by atoms with Crippen molar-refractivity contribution in [3.05, 3.63) is 59.4 Å². The van der Waals surface area contributed by atoms with Crippen molar-refractivity contribution in [2.24, 2.45) is 0 Å². The van der Waals surface area contributed by atoms with Gasteiger partial charge in [-0.05, 0) is 48.5 Å². The molecule has 0 spiro atoms. The lowest BCUT2D eigenvalue weighted by molar-refractivity contribution is 0.344. The second kappa shape index (κ2) is 7.55. The van der Waals surface area contributed by atoms with Crippen LogP contribution in [0.15, 0.2) is 53.7 Å². The predicted molar refractivity (Wildman–Crippen MR) is 93.2 cm³/mol. The number of hydrogen-bond acceptors (Lipinski definition) is 5. The van der Waals surface area contributed by atoms with Crippen LogP contribution >= 0.6 is 23.4 Å². The Kier molecular flexibility index (Phi) is 5.22. The standard InChI is InChI=1S/C16H14ClFN4OS/c17-12-3-7-14(8-4-12)23-9-10-24-16-21-20-15(22(16)19)11-1-5-13(18)6-2-11/h1-8H,9-10,19H2. The van der Waals surface area contributed by atoms with Crippen LogP contribution in [0.1, 0.15) is 0 Å². The first-order chi connectivity index (χ1) is 11.6. The second-order valence-electron chi connectivity index (χ2n) is 4.83. The van der Waals surface area contributed by atoms with Gasteiger partial charge in [-0.15, -0.1) is 10.2 Å². The zero-order chi connectivity index (χ0) is 16.9. The zero-order valence-electron chi connectivity index (χ0n) is 12.5. The van der Waals surface area contributed by atoms with Gasteiger partial charge in [0.25, 0.3) is 0 Å². The monoisotopic (exact) mass is 364 g/mol. The van der Waals surface area contributed by atoms with Crippen LogP contribution in [-0.2, 0) is 0 Å². The number of thioether (sulfide) groups is 1. The molecule has 3 aromatic rings. The lowest BCUT2D eigenvalue weighted by atomic mass is 10.2. The molecule has 0 radical (unpaired) electrons. The van der Waals surface area contributed by atoms with Crippen LogP contribution in [0.5, 0.6) is 5.75 Å². The molecule has 2 aromatic carbocycles. The van der Waals surface area contributed by atoms with E-state index in [0.717, 1.165) is 5.75 Å². The molecule has 3 rings (SSSR count). The van der Waals surface area contributed by atoms with E-state index in [9.17, 15) is 4.39 Å². The van der Waals surface area contributed by atoms with Gasteiger partial charge in [-0.1, -0.05) is 23.4 Å². The van der Waals surface area contributed by atoms with E-state index in [0.29, 0.717) is 33.9 Å². The van der Waals surface area contributed by atoms with Gasteiger partial charge in [-0.2, -0.15) is 0 Å². The number of aromatic nitrogens is 3.